The zero-order chi connectivity index (χ0) is 11.8. The maximum atomic E-state index is 11.8. The number of para-hydroxylation sites is 2. The summed E-state index contributed by atoms with van der Waals surface area (Å²) in [5.74, 6) is 0.833. The number of ether oxygens (including phenoxy) is 1. The van der Waals surface area contributed by atoms with Gasteiger partial charge in [0, 0.05) is 6.54 Å². The van der Waals surface area contributed by atoms with E-state index in [9.17, 15) is 4.79 Å². The number of amides is 1. The minimum absolute atomic E-state index is 0.0358. The molecule has 2 rings (SSSR count). The predicted octanol–water partition coefficient (Wildman–Crippen LogP) is 2.46. The molecule has 0 aliphatic carbocycles. The van der Waals surface area contributed by atoms with Gasteiger partial charge in [0.2, 0.25) is 0 Å². The average molecular weight is 219 g/mol. The number of anilines is 1. The third-order valence-electron chi connectivity index (χ3n) is 2.44. The van der Waals surface area contributed by atoms with Crippen LogP contribution in [0.5, 0.6) is 5.75 Å². The largest absolute Gasteiger partial charge is 0.482 e. The van der Waals surface area contributed by atoms with E-state index >= 15 is 0 Å². The van der Waals surface area contributed by atoms with E-state index in [1.54, 1.807) is 0 Å². The minimum atomic E-state index is 0.0358. The van der Waals surface area contributed by atoms with Crippen molar-refractivity contribution in [1.82, 2.24) is 0 Å². The third kappa shape index (κ3) is 2.18. The number of nitrogens with zero attached hydrogens (tertiary/aromatic N) is 1. The zero-order valence-corrected chi connectivity index (χ0v) is 9.99. The Morgan fingerprint density at radius 1 is 1.31 bits per heavy atom. The highest BCUT2D eigenvalue weighted by atomic mass is 16.5. The molecule has 1 heterocycles. The summed E-state index contributed by atoms with van der Waals surface area (Å²) in [6, 6.07) is 7.68. The molecule has 0 aromatic heterocycles. The van der Waals surface area contributed by atoms with Crippen molar-refractivity contribution in [3.63, 3.8) is 0 Å². The van der Waals surface area contributed by atoms with E-state index < -0.39 is 0 Å². The van der Waals surface area contributed by atoms with Gasteiger partial charge in [0.15, 0.2) is 6.61 Å². The van der Waals surface area contributed by atoms with Gasteiger partial charge < -0.3 is 9.64 Å². The van der Waals surface area contributed by atoms with Crippen LogP contribution in [-0.4, -0.2) is 19.1 Å². The Labute approximate surface area is 96.0 Å². The lowest BCUT2D eigenvalue weighted by Crippen LogP contribution is -2.43. The number of rotatable bonds is 1. The molecule has 0 N–H and O–H groups in total. The van der Waals surface area contributed by atoms with Crippen LogP contribution < -0.4 is 9.64 Å². The molecule has 0 spiro atoms. The van der Waals surface area contributed by atoms with Gasteiger partial charge in [-0.3, -0.25) is 4.79 Å². The quantitative estimate of drug-likeness (QED) is 0.726. The first-order valence-electron chi connectivity index (χ1n) is 5.49. The van der Waals surface area contributed by atoms with Crippen LogP contribution in [0.25, 0.3) is 0 Å². The van der Waals surface area contributed by atoms with Gasteiger partial charge in [-0.1, -0.05) is 32.9 Å². The highest BCUT2D eigenvalue weighted by Gasteiger charge is 2.28. The molecule has 1 aromatic carbocycles. The smallest absolute Gasteiger partial charge is 0.265 e. The Balaban J connectivity index is 2.33. The maximum Gasteiger partial charge on any atom is 0.265 e. The number of hydrogen-bond acceptors (Lipinski definition) is 2. The SMILES string of the molecule is CC(C)(C)CN1C(=O)COc2ccccc21. The second kappa shape index (κ2) is 3.81. The first-order valence-corrected chi connectivity index (χ1v) is 5.49. The van der Waals surface area contributed by atoms with Gasteiger partial charge in [0.25, 0.3) is 5.91 Å². The molecule has 16 heavy (non-hydrogen) atoms. The summed E-state index contributed by atoms with van der Waals surface area (Å²) >= 11 is 0. The van der Waals surface area contributed by atoms with Gasteiger partial charge in [-0.25, -0.2) is 0 Å². The Hall–Kier alpha value is -1.51. The molecule has 0 fully saturated rings. The predicted molar refractivity (Wildman–Crippen MR) is 63.7 cm³/mol. The van der Waals surface area contributed by atoms with Crippen molar-refractivity contribution < 1.29 is 9.53 Å². The van der Waals surface area contributed by atoms with Gasteiger partial charge >= 0.3 is 0 Å². The molecule has 1 aliphatic rings. The lowest BCUT2D eigenvalue weighted by atomic mass is 9.95. The molecule has 3 nitrogen and oxygen atoms in total. The fourth-order valence-corrected chi connectivity index (χ4v) is 1.80. The summed E-state index contributed by atoms with van der Waals surface area (Å²) in [7, 11) is 0. The van der Waals surface area contributed by atoms with Crippen molar-refractivity contribution in [2.75, 3.05) is 18.1 Å². The number of fused-ring (bicyclic) bond motifs is 1. The molecule has 0 unspecified atom stereocenters. The fraction of sp³-hybridized carbons (Fsp3) is 0.462. The molecule has 1 amide bonds. The van der Waals surface area contributed by atoms with Crippen LogP contribution in [-0.2, 0) is 4.79 Å². The van der Waals surface area contributed by atoms with E-state index in [-0.39, 0.29) is 17.9 Å². The summed E-state index contributed by atoms with van der Waals surface area (Å²) in [5.41, 5.74) is 0.966. The summed E-state index contributed by atoms with van der Waals surface area (Å²) in [6.07, 6.45) is 0. The number of carbonyl (C=O) groups excluding carboxylic acids is 1. The third-order valence-corrected chi connectivity index (χ3v) is 2.44. The first kappa shape index (κ1) is 11.0. The van der Waals surface area contributed by atoms with E-state index in [1.165, 1.54) is 0 Å². The Morgan fingerprint density at radius 2 is 2.00 bits per heavy atom. The van der Waals surface area contributed by atoms with E-state index in [1.807, 2.05) is 29.2 Å². The van der Waals surface area contributed by atoms with Crippen LogP contribution in [0.2, 0.25) is 0 Å². The van der Waals surface area contributed by atoms with Gasteiger partial charge in [0.05, 0.1) is 5.69 Å². The van der Waals surface area contributed by atoms with Crippen molar-refractivity contribution in [2.45, 2.75) is 20.8 Å². The number of benzene rings is 1. The molecule has 0 bridgehead atoms. The Morgan fingerprint density at radius 3 is 2.69 bits per heavy atom. The molecule has 0 atom stereocenters. The Kier molecular flexibility index (Phi) is 2.62. The van der Waals surface area contributed by atoms with Crippen LogP contribution in [0.4, 0.5) is 5.69 Å². The van der Waals surface area contributed by atoms with Crippen molar-refractivity contribution in [2.24, 2.45) is 5.41 Å². The van der Waals surface area contributed by atoms with Gasteiger partial charge in [-0.15, -0.1) is 0 Å². The molecule has 0 radical (unpaired) electrons. The number of hydrogen-bond donors (Lipinski definition) is 0. The van der Waals surface area contributed by atoms with Crippen LogP contribution in [0, 0.1) is 5.41 Å². The lowest BCUT2D eigenvalue weighted by molar-refractivity contribution is -0.121. The summed E-state index contributed by atoms with van der Waals surface area (Å²) in [6.45, 7) is 7.23. The van der Waals surface area contributed by atoms with Gasteiger partial charge in [-0.05, 0) is 17.5 Å². The van der Waals surface area contributed by atoms with Crippen LogP contribution in [0.3, 0.4) is 0 Å². The van der Waals surface area contributed by atoms with Crippen LogP contribution in [0.1, 0.15) is 20.8 Å². The minimum Gasteiger partial charge on any atom is -0.482 e. The molecular weight excluding hydrogens is 202 g/mol. The molecule has 86 valence electrons. The van der Waals surface area contributed by atoms with E-state index in [0.29, 0.717) is 6.54 Å². The first-order chi connectivity index (χ1) is 7.47. The second-order valence-corrected chi connectivity index (χ2v) is 5.30. The highest BCUT2D eigenvalue weighted by Crippen LogP contribution is 2.33. The number of carbonyl (C=O) groups is 1. The highest BCUT2D eigenvalue weighted by molar-refractivity contribution is 5.97. The monoisotopic (exact) mass is 219 g/mol. The normalized spacial score (nSPS) is 15.7. The standard InChI is InChI=1S/C13H17NO2/c1-13(2,3)9-14-10-6-4-5-7-11(10)16-8-12(14)15/h4-7H,8-9H2,1-3H3. The topological polar surface area (TPSA) is 29.5 Å². The summed E-state index contributed by atoms with van der Waals surface area (Å²) < 4.78 is 5.39. The molecule has 1 aromatic rings. The summed E-state index contributed by atoms with van der Waals surface area (Å²) in [5, 5.41) is 0. The second-order valence-electron chi connectivity index (χ2n) is 5.30. The molecule has 0 saturated heterocycles. The van der Waals surface area contributed by atoms with Crippen molar-refractivity contribution in [3.05, 3.63) is 24.3 Å². The van der Waals surface area contributed by atoms with Crippen molar-refractivity contribution in [3.8, 4) is 5.75 Å². The molecular formula is C13H17NO2. The Bertz CT molecular complexity index is 407. The van der Waals surface area contributed by atoms with E-state index in [2.05, 4.69) is 20.8 Å². The van der Waals surface area contributed by atoms with Crippen molar-refractivity contribution in [1.29, 1.82) is 0 Å². The van der Waals surface area contributed by atoms with E-state index in [0.717, 1.165) is 11.4 Å². The fourth-order valence-electron chi connectivity index (χ4n) is 1.80. The van der Waals surface area contributed by atoms with Gasteiger partial charge in [-0.2, -0.15) is 0 Å². The zero-order valence-electron chi connectivity index (χ0n) is 9.99. The average Bonchev–Trinajstić information content (AvgIpc) is 2.21. The lowest BCUT2D eigenvalue weighted by Gasteiger charge is -2.34. The molecule has 3 heteroatoms. The molecule has 1 aliphatic heterocycles. The maximum absolute atomic E-state index is 11.8. The van der Waals surface area contributed by atoms with Crippen LogP contribution in [0.15, 0.2) is 24.3 Å². The van der Waals surface area contributed by atoms with Crippen molar-refractivity contribution >= 4 is 11.6 Å². The van der Waals surface area contributed by atoms with Gasteiger partial charge in [0.1, 0.15) is 5.75 Å². The summed E-state index contributed by atoms with van der Waals surface area (Å²) in [4.78, 5) is 13.7. The van der Waals surface area contributed by atoms with E-state index in [4.69, 9.17) is 4.74 Å². The molecule has 0 saturated carbocycles. The van der Waals surface area contributed by atoms with Crippen LogP contribution >= 0.6 is 0 Å².